The summed E-state index contributed by atoms with van der Waals surface area (Å²) in [5, 5.41) is 5.42. The van der Waals surface area contributed by atoms with Crippen LogP contribution in [0.25, 0.3) is 11.0 Å². The highest BCUT2D eigenvalue weighted by Gasteiger charge is 2.32. The van der Waals surface area contributed by atoms with Crippen LogP contribution in [-0.4, -0.2) is 71.7 Å². The molecule has 2 atom stereocenters. The van der Waals surface area contributed by atoms with Crippen molar-refractivity contribution in [3.05, 3.63) is 36.2 Å². The molecule has 1 aromatic heterocycles. The second kappa shape index (κ2) is 10.3. The van der Waals surface area contributed by atoms with Gasteiger partial charge in [-0.05, 0) is 37.3 Å². The summed E-state index contributed by atoms with van der Waals surface area (Å²) < 4.78 is 24.7. The fourth-order valence-electron chi connectivity index (χ4n) is 3.71. The summed E-state index contributed by atoms with van der Waals surface area (Å²) in [4.78, 5) is 47.0. The van der Waals surface area contributed by atoms with E-state index in [9.17, 15) is 22.8 Å². The molecule has 1 aromatic carbocycles. The van der Waals surface area contributed by atoms with Crippen molar-refractivity contribution in [1.29, 1.82) is 0 Å². The molecule has 1 aliphatic rings. The van der Waals surface area contributed by atoms with Crippen LogP contribution in [-0.2, 0) is 19.6 Å². The van der Waals surface area contributed by atoms with E-state index < -0.39 is 33.9 Å². The van der Waals surface area contributed by atoms with Gasteiger partial charge < -0.3 is 10.6 Å². The number of carbonyl (C=O) groups is 3. The zero-order valence-corrected chi connectivity index (χ0v) is 19.8. The third-order valence-electron chi connectivity index (χ3n) is 5.42. The van der Waals surface area contributed by atoms with E-state index in [2.05, 4.69) is 20.6 Å². The quantitative estimate of drug-likeness (QED) is 0.606. The van der Waals surface area contributed by atoms with Crippen LogP contribution in [0.15, 0.2) is 30.5 Å². The van der Waals surface area contributed by atoms with Gasteiger partial charge in [-0.2, -0.15) is 4.31 Å². The minimum Gasteiger partial charge on any atom is -0.344 e. The number of carbonyl (C=O) groups excluding carboxylic acids is 3. The predicted octanol–water partition coefficient (Wildman–Crippen LogP) is 0.884. The first-order valence-corrected chi connectivity index (χ1v) is 12.7. The molecule has 0 bridgehead atoms. The Balaban J connectivity index is 1.71. The van der Waals surface area contributed by atoms with Gasteiger partial charge >= 0.3 is 0 Å². The van der Waals surface area contributed by atoms with Gasteiger partial charge in [0.05, 0.1) is 36.1 Å². The lowest BCUT2D eigenvalue weighted by molar-refractivity contribution is -0.129. The number of benzene rings is 1. The summed E-state index contributed by atoms with van der Waals surface area (Å²) in [6, 6.07) is 5.46. The lowest BCUT2D eigenvalue weighted by Crippen LogP contribution is -2.52. The largest absolute Gasteiger partial charge is 0.344 e. The lowest BCUT2D eigenvalue weighted by atomic mass is 10.0. The monoisotopic (exact) mass is 475 g/mol. The number of aromatic nitrogens is 2. The van der Waals surface area contributed by atoms with Crippen LogP contribution in [0.1, 0.15) is 43.6 Å². The number of amides is 2. The zero-order valence-electron chi connectivity index (χ0n) is 18.9. The van der Waals surface area contributed by atoms with Gasteiger partial charge in [0, 0.05) is 6.54 Å². The van der Waals surface area contributed by atoms with Crippen molar-refractivity contribution in [2.45, 2.75) is 45.2 Å². The van der Waals surface area contributed by atoms with Crippen LogP contribution >= 0.6 is 0 Å². The number of rotatable bonds is 7. The van der Waals surface area contributed by atoms with Gasteiger partial charge in [-0.15, -0.1) is 0 Å². The van der Waals surface area contributed by atoms with Gasteiger partial charge in [0.1, 0.15) is 11.7 Å². The van der Waals surface area contributed by atoms with E-state index in [1.165, 1.54) is 6.20 Å². The summed E-state index contributed by atoms with van der Waals surface area (Å²) in [7, 11) is -3.50. The zero-order chi connectivity index (χ0) is 24.2. The van der Waals surface area contributed by atoms with E-state index >= 15 is 0 Å². The highest BCUT2D eigenvalue weighted by Crippen LogP contribution is 2.14. The fraction of sp³-hybridized carbons (Fsp3) is 0.500. The van der Waals surface area contributed by atoms with Crippen molar-refractivity contribution in [3.8, 4) is 0 Å². The van der Waals surface area contributed by atoms with E-state index in [-0.39, 0.29) is 30.5 Å². The Morgan fingerprint density at radius 3 is 2.58 bits per heavy atom. The predicted molar refractivity (Wildman–Crippen MR) is 123 cm³/mol. The molecule has 0 spiro atoms. The second-order valence-electron chi connectivity index (χ2n) is 8.67. The number of para-hydroxylation sites is 2. The fourth-order valence-corrected chi connectivity index (χ4v) is 4.53. The Hall–Kier alpha value is -2.92. The van der Waals surface area contributed by atoms with E-state index in [1.807, 2.05) is 19.9 Å². The highest BCUT2D eigenvalue weighted by atomic mass is 32.2. The average molecular weight is 476 g/mol. The number of nitrogens with zero attached hydrogens (tertiary/aromatic N) is 3. The summed E-state index contributed by atoms with van der Waals surface area (Å²) in [6.07, 6.45) is 3.54. The molecule has 2 aromatic rings. The maximum absolute atomic E-state index is 13.0. The van der Waals surface area contributed by atoms with E-state index in [0.29, 0.717) is 30.3 Å². The van der Waals surface area contributed by atoms with Crippen molar-refractivity contribution in [2.24, 2.45) is 5.92 Å². The van der Waals surface area contributed by atoms with Crippen LogP contribution in [0, 0.1) is 5.92 Å². The number of sulfonamides is 1. The number of ketones is 1. The Bertz CT molecular complexity index is 1150. The van der Waals surface area contributed by atoms with Crippen molar-refractivity contribution < 1.29 is 22.8 Å². The van der Waals surface area contributed by atoms with Gasteiger partial charge in [-0.1, -0.05) is 26.0 Å². The average Bonchev–Trinajstić information content (AvgIpc) is 2.94. The molecule has 2 N–H and O–H groups in total. The number of hydrogen-bond acceptors (Lipinski definition) is 7. The van der Waals surface area contributed by atoms with Crippen molar-refractivity contribution >= 4 is 38.7 Å². The lowest BCUT2D eigenvalue weighted by Gasteiger charge is -2.23. The molecule has 1 saturated heterocycles. The van der Waals surface area contributed by atoms with Crippen molar-refractivity contribution in [2.75, 3.05) is 19.3 Å². The first kappa shape index (κ1) is 24.7. The third-order valence-corrected chi connectivity index (χ3v) is 6.67. The Labute approximate surface area is 193 Å². The number of Topliss-reactive ketones (excluding diaryl/α,β-unsaturated/α-hetero) is 1. The second-order valence-corrected chi connectivity index (χ2v) is 10.6. The van der Waals surface area contributed by atoms with Crippen LogP contribution in [0.3, 0.4) is 0 Å². The highest BCUT2D eigenvalue weighted by molar-refractivity contribution is 7.88. The topological polar surface area (TPSA) is 138 Å². The van der Waals surface area contributed by atoms with Crippen LogP contribution in [0.2, 0.25) is 0 Å². The molecule has 2 heterocycles. The summed E-state index contributed by atoms with van der Waals surface area (Å²) in [6.45, 7) is 3.79. The first-order chi connectivity index (χ1) is 15.5. The Morgan fingerprint density at radius 2 is 1.91 bits per heavy atom. The molecule has 1 fully saturated rings. The standard InChI is InChI=1S/C22H29N5O5S/c1-14(2)11-18(26-22(30)19-12-23-15-7-4-5-8-16(15)24-19)21(29)25-17-9-6-10-27(13-20(17)28)33(3,31)32/h4-5,7-8,12,14,17-18H,6,9-11,13H2,1-3H3,(H,25,29)(H,26,30)/t17-,18+/m1/s1. The maximum atomic E-state index is 13.0. The number of hydrogen-bond donors (Lipinski definition) is 2. The van der Waals surface area contributed by atoms with Gasteiger partial charge in [0.2, 0.25) is 15.9 Å². The van der Waals surface area contributed by atoms with E-state index in [0.717, 1.165) is 10.6 Å². The first-order valence-electron chi connectivity index (χ1n) is 10.9. The van der Waals surface area contributed by atoms with Crippen molar-refractivity contribution in [1.82, 2.24) is 24.9 Å². The Morgan fingerprint density at radius 1 is 1.21 bits per heavy atom. The number of fused-ring (bicyclic) bond motifs is 1. The normalized spacial score (nSPS) is 18.7. The SMILES string of the molecule is CC(C)C[C@H](NC(=O)c1cnc2ccccc2n1)C(=O)N[C@@H]1CCCN(S(C)(=O)=O)CC1=O. The van der Waals surface area contributed by atoms with E-state index in [4.69, 9.17) is 0 Å². The maximum Gasteiger partial charge on any atom is 0.272 e. The molecular formula is C22H29N5O5S. The molecule has 0 saturated carbocycles. The van der Waals surface area contributed by atoms with Gasteiger partial charge in [-0.3, -0.25) is 19.4 Å². The molecule has 2 amide bonds. The summed E-state index contributed by atoms with van der Waals surface area (Å²) in [5.41, 5.74) is 1.31. The minimum absolute atomic E-state index is 0.0876. The van der Waals surface area contributed by atoms with E-state index in [1.54, 1.807) is 18.2 Å². The van der Waals surface area contributed by atoms with Crippen LogP contribution in [0.5, 0.6) is 0 Å². The van der Waals surface area contributed by atoms with Crippen LogP contribution in [0.4, 0.5) is 0 Å². The molecule has 11 heteroatoms. The molecule has 178 valence electrons. The molecule has 33 heavy (non-hydrogen) atoms. The number of nitrogens with one attached hydrogen (secondary N) is 2. The molecule has 0 unspecified atom stereocenters. The van der Waals surface area contributed by atoms with Gasteiger partial charge in [0.25, 0.3) is 5.91 Å². The minimum atomic E-state index is -3.50. The molecule has 0 radical (unpaired) electrons. The van der Waals surface area contributed by atoms with Gasteiger partial charge in [-0.25, -0.2) is 13.4 Å². The molecule has 0 aliphatic carbocycles. The smallest absolute Gasteiger partial charge is 0.272 e. The third kappa shape index (κ3) is 6.55. The summed E-state index contributed by atoms with van der Waals surface area (Å²) in [5.74, 6) is -1.31. The molecule has 1 aliphatic heterocycles. The van der Waals surface area contributed by atoms with Crippen molar-refractivity contribution in [3.63, 3.8) is 0 Å². The van der Waals surface area contributed by atoms with Crippen LogP contribution < -0.4 is 10.6 Å². The molecular weight excluding hydrogens is 446 g/mol. The molecule has 3 rings (SSSR count). The molecule has 10 nitrogen and oxygen atoms in total. The summed E-state index contributed by atoms with van der Waals surface area (Å²) >= 11 is 0. The van der Waals surface area contributed by atoms with Gasteiger partial charge in [0.15, 0.2) is 5.78 Å². The Kier molecular flexibility index (Phi) is 7.75.